The second-order valence-electron chi connectivity index (χ2n) is 5.10. The Morgan fingerprint density at radius 2 is 1.24 bits per heavy atom. The first-order valence-corrected chi connectivity index (χ1v) is 7.71. The number of nitrogens with zero attached hydrogens (tertiary/aromatic N) is 2. The van der Waals surface area contributed by atoms with Gasteiger partial charge in [-0.25, -0.2) is 0 Å². The van der Waals surface area contributed by atoms with E-state index in [2.05, 4.69) is 15.9 Å². The summed E-state index contributed by atoms with van der Waals surface area (Å²) in [6.45, 7) is 3.62. The molecule has 2 aromatic rings. The number of nitrogens with two attached hydrogens (primary N) is 1. The Hall–Kier alpha value is -1.58. The maximum absolute atomic E-state index is 6.26. The maximum Gasteiger partial charge on any atom is 0.0741 e. The number of hydrogen-bond donors (Lipinski definition) is 1. The molecule has 0 radical (unpaired) electrons. The summed E-state index contributed by atoms with van der Waals surface area (Å²) in [7, 11) is 0. The van der Waals surface area contributed by atoms with E-state index < -0.39 is 0 Å². The van der Waals surface area contributed by atoms with Gasteiger partial charge in [0.2, 0.25) is 0 Å². The summed E-state index contributed by atoms with van der Waals surface area (Å²) >= 11 is 12.4. The van der Waals surface area contributed by atoms with Crippen LogP contribution in [0.5, 0.6) is 0 Å². The molecule has 1 saturated heterocycles. The molecule has 0 unspecified atom stereocenters. The molecule has 0 aromatic heterocycles. The molecular weight excluding hydrogens is 305 g/mol. The van der Waals surface area contributed by atoms with Crippen molar-refractivity contribution in [1.29, 1.82) is 0 Å². The Bertz CT molecular complexity index is 637. The molecule has 5 heteroatoms. The van der Waals surface area contributed by atoms with E-state index in [0.29, 0.717) is 10.7 Å². The summed E-state index contributed by atoms with van der Waals surface area (Å²) in [6, 6.07) is 13.7. The van der Waals surface area contributed by atoms with E-state index in [4.69, 9.17) is 28.9 Å². The highest BCUT2D eigenvalue weighted by Crippen LogP contribution is 2.32. The van der Waals surface area contributed by atoms with Crippen LogP contribution in [0.3, 0.4) is 0 Å². The lowest BCUT2D eigenvalue weighted by Gasteiger charge is -2.38. The quantitative estimate of drug-likeness (QED) is 0.851. The number of hydrogen-bond acceptors (Lipinski definition) is 3. The van der Waals surface area contributed by atoms with E-state index in [0.717, 1.165) is 42.6 Å². The molecule has 110 valence electrons. The largest absolute Gasteiger partial charge is 0.396 e. The van der Waals surface area contributed by atoms with Crippen LogP contribution in [0.25, 0.3) is 0 Å². The fraction of sp³-hybridized carbons (Fsp3) is 0.250. The molecular formula is C16H17Cl2N3. The second kappa shape index (κ2) is 6.04. The summed E-state index contributed by atoms with van der Waals surface area (Å²) in [5, 5.41) is 1.41. The third kappa shape index (κ3) is 2.89. The number of halogens is 2. The summed E-state index contributed by atoms with van der Waals surface area (Å²) in [5.41, 5.74) is 8.84. The lowest BCUT2D eigenvalue weighted by atomic mass is 10.2. The van der Waals surface area contributed by atoms with Crippen molar-refractivity contribution < 1.29 is 0 Å². The van der Waals surface area contributed by atoms with Gasteiger partial charge in [-0.2, -0.15) is 0 Å². The topological polar surface area (TPSA) is 32.5 Å². The number of piperazine rings is 1. The van der Waals surface area contributed by atoms with Crippen molar-refractivity contribution in [2.24, 2.45) is 0 Å². The van der Waals surface area contributed by atoms with Crippen molar-refractivity contribution in [3.63, 3.8) is 0 Å². The van der Waals surface area contributed by atoms with Gasteiger partial charge in [0, 0.05) is 26.2 Å². The van der Waals surface area contributed by atoms with Crippen LogP contribution in [0.1, 0.15) is 0 Å². The Kier molecular flexibility index (Phi) is 4.13. The van der Waals surface area contributed by atoms with E-state index in [-0.39, 0.29) is 0 Å². The van der Waals surface area contributed by atoms with Gasteiger partial charge in [-0.15, -0.1) is 0 Å². The Morgan fingerprint density at radius 1 is 0.714 bits per heavy atom. The van der Waals surface area contributed by atoms with Gasteiger partial charge in [-0.1, -0.05) is 41.4 Å². The zero-order valence-electron chi connectivity index (χ0n) is 11.6. The second-order valence-corrected chi connectivity index (χ2v) is 5.91. The van der Waals surface area contributed by atoms with Gasteiger partial charge in [0.25, 0.3) is 0 Å². The van der Waals surface area contributed by atoms with Gasteiger partial charge in [-0.3, -0.25) is 0 Å². The minimum absolute atomic E-state index is 0.612. The van der Waals surface area contributed by atoms with E-state index in [9.17, 15) is 0 Å². The highest BCUT2D eigenvalue weighted by atomic mass is 35.5. The third-order valence-electron chi connectivity index (χ3n) is 3.84. The average molecular weight is 322 g/mol. The van der Waals surface area contributed by atoms with Gasteiger partial charge in [-0.05, 0) is 24.3 Å². The standard InChI is InChI=1S/C16H17Cl2N3/c17-12-4-1-2-6-14(12)20-8-10-21(11-9-20)15-7-3-5-13(18)16(15)19/h1-7H,8-11,19H2. The highest BCUT2D eigenvalue weighted by Gasteiger charge is 2.20. The Balaban J connectivity index is 1.74. The van der Waals surface area contributed by atoms with E-state index in [1.807, 2.05) is 36.4 Å². The van der Waals surface area contributed by atoms with Gasteiger partial charge in [0.05, 0.1) is 27.1 Å². The predicted octanol–water partition coefficient (Wildman–Crippen LogP) is 3.90. The minimum Gasteiger partial charge on any atom is -0.396 e. The molecule has 3 rings (SSSR count). The first-order valence-electron chi connectivity index (χ1n) is 6.95. The van der Waals surface area contributed by atoms with Crippen LogP contribution in [-0.4, -0.2) is 26.2 Å². The molecule has 1 fully saturated rings. The van der Waals surface area contributed by atoms with Crippen molar-refractivity contribution in [2.45, 2.75) is 0 Å². The Labute approximate surface area is 134 Å². The molecule has 2 N–H and O–H groups in total. The van der Waals surface area contributed by atoms with Crippen LogP contribution >= 0.6 is 23.2 Å². The third-order valence-corrected chi connectivity index (χ3v) is 4.49. The van der Waals surface area contributed by atoms with E-state index in [1.165, 1.54) is 0 Å². The number of anilines is 3. The number of rotatable bonds is 2. The van der Waals surface area contributed by atoms with Crippen molar-refractivity contribution in [3.8, 4) is 0 Å². The molecule has 3 nitrogen and oxygen atoms in total. The van der Waals surface area contributed by atoms with Crippen molar-refractivity contribution in [3.05, 3.63) is 52.5 Å². The fourth-order valence-electron chi connectivity index (χ4n) is 2.70. The van der Waals surface area contributed by atoms with E-state index in [1.54, 1.807) is 0 Å². The molecule has 21 heavy (non-hydrogen) atoms. The summed E-state index contributed by atoms with van der Waals surface area (Å²) in [6.07, 6.45) is 0. The molecule has 0 aliphatic carbocycles. The number of nitrogen functional groups attached to an aromatic ring is 1. The van der Waals surface area contributed by atoms with Gasteiger partial charge in [0.15, 0.2) is 0 Å². The molecule has 0 atom stereocenters. The number of para-hydroxylation sites is 2. The van der Waals surface area contributed by atoms with Crippen molar-refractivity contribution in [1.82, 2.24) is 0 Å². The normalized spacial score (nSPS) is 15.3. The summed E-state index contributed by atoms with van der Waals surface area (Å²) in [4.78, 5) is 4.58. The molecule has 1 aliphatic rings. The minimum atomic E-state index is 0.612. The molecule has 2 aromatic carbocycles. The van der Waals surface area contributed by atoms with Crippen LogP contribution in [0.4, 0.5) is 17.1 Å². The smallest absolute Gasteiger partial charge is 0.0741 e. The van der Waals surface area contributed by atoms with Crippen LogP contribution in [-0.2, 0) is 0 Å². The molecule has 0 saturated carbocycles. The van der Waals surface area contributed by atoms with Crippen LogP contribution < -0.4 is 15.5 Å². The van der Waals surface area contributed by atoms with Gasteiger partial charge < -0.3 is 15.5 Å². The SMILES string of the molecule is Nc1c(Cl)cccc1N1CCN(c2ccccc2Cl)CC1. The Morgan fingerprint density at radius 3 is 1.90 bits per heavy atom. The van der Waals surface area contributed by atoms with Gasteiger partial charge >= 0.3 is 0 Å². The summed E-state index contributed by atoms with van der Waals surface area (Å²) < 4.78 is 0. The first-order chi connectivity index (χ1) is 10.2. The van der Waals surface area contributed by atoms with Crippen molar-refractivity contribution >= 4 is 40.3 Å². The molecule has 1 aliphatic heterocycles. The van der Waals surface area contributed by atoms with Crippen LogP contribution in [0.2, 0.25) is 10.0 Å². The lowest BCUT2D eigenvalue weighted by molar-refractivity contribution is 0.654. The molecule has 0 amide bonds. The fourth-order valence-corrected chi connectivity index (χ4v) is 3.12. The van der Waals surface area contributed by atoms with E-state index >= 15 is 0 Å². The zero-order valence-corrected chi connectivity index (χ0v) is 13.1. The van der Waals surface area contributed by atoms with Crippen LogP contribution in [0, 0.1) is 0 Å². The first kappa shape index (κ1) is 14.4. The lowest BCUT2D eigenvalue weighted by Crippen LogP contribution is -2.46. The number of benzene rings is 2. The summed E-state index contributed by atoms with van der Waals surface area (Å²) in [5.74, 6) is 0. The highest BCUT2D eigenvalue weighted by molar-refractivity contribution is 6.34. The van der Waals surface area contributed by atoms with Crippen LogP contribution in [0.15, 0.2) is 42.5 Å². The molecule has 1 heterocycles. The monoisotopic (exact) mass is 321 g/mol. The maximum atomic E-state index is 6.26. The zero-order chi connectivity index (χ0) is 14.8. The van der Waals surface area contributed by atoms with Crippen molar-refractivity contribution in [2.75, 3.05) is 41.7 Å². The predicted molar refractivity (Wildman–Crippen MR) is 91.7 cm³/mol. The average Bonchev–Trinajstić information content (AvgIpc) is 2.51. The molecule has 0 spiro atoms. The van der Waals surface area contributed by atoms with Gasteiger partial charge in [0.1, 0.15) is 0 Å². The molecule has 0 bridgehead atoms.